The Hall–Kier alpha value is -0.200. The summed E-state index contributed by atoms with van der Waals surface area (Å²) < 4.78 is 36.9. The van der Waals surface area contributed by atoms with E-state index in [2.05, 4.69) is 33.4 Å². The molecule has 1 aliphatic carbocycles. The van der Waals surface area contributed by atoms with E-state index in [0.717, 1.165) is 17.3 Å². The van der Waals surface area contributed by atoms with Crippen molar-refractivity contribution in [3.05, 3.63) is 34.3 Å². The highest BCUT2D eigenvalue weighted by atomic mass is 79.9. The summed E-state index contributed by atoms with van der Waals surface area (Å²) in [6.45, 7) is 0.417. The molecule has 0 atom stereocenters. The molecule has 19 heavy (non-hydrogen) atoms. The highest BCUT2D eigenvalue weighted by molar-refractivity contribution is 9.10. The fourth-order valence-corrected chi connectivity index (χ4v) is 3.12. The molecular weight excluding hydrogens is 339 g/mol. The van der Waals surface area contributed by atoms with Gasteiger partial charge in [-0.25, -0.2) is 0 Å². The lowest BCUT2D eigenvalue weighted by Crippen LogP contribution is -2.41. The van der Waals surface area contributed by atoms with Crippen molar-refractivity contribution in [3.8, 4) is 0 Å². The van der Waals surface area contributed by atoms with E-state index in [1.807, 2.05) is 12.1 Å². The van der Waals surface area contributed by atoms with Gasteiger partial charge in [0.2, 0.25) is 0 Å². The second-order valence-electron chi connectivity index (χ2n) is 4.67. The van der Waals surface area contributed by atoms with Crippen molar-refractivity contribution in [1.82, 2.24) is 5.32 Å². The number of hydrogen-bond acceptors (Lipinski definition) is 2. The first-order chi connectivity index (χ1) is 8.94. The summed E-state index contributed by atoms with van der Waals surface area (Å²) in [5, 5.41) is 3.17. The Morgan fingerprint density at radius 1 is 1.32 bits per heavy atom. The Labute approximate surface area is 123 Å². The summed E-state index contributed by atoms with van der Waals surface area (Å²) in [5.74, 6) is 0.618. The van der Waals surface area contributed by atoms with Crippen molar-refractivity contribution in [1.29, 1.82) is 0 Å². The van der Waals surface area contributed by atoms with Gasteiger partial charge in [0, 0.05) is 22.8 Å². The van der Waals surface area contributed by atoms with Crippen LogP contribution in [0, 0.1) is 0 Å². The van der Waals surface area contributed by atoms with Crippen molar-refractivity contribution in [2.75, 3.05) is 12.3 Å². The van der Waals surface area contributed by atoms with Gasteiger partial charge in [0.15, 0.2) is 0 Å². The first-order valence-electron chi connectivity index (χ1n) is 6.13. The molecular formula is C13H15BrF3NS. The number of rotatable bonds is 5. The van der Waals surface area contributed by atoms with E-state index in [-0.39, 0.29) is 17.5 Å². The van der Waals surface area contributed by atoms with E-state index in [4.69, 9.17) is 0 Å². The standard InChI is InChI=1S/C13H15BrF3NS/c14-11-3-1-2-9(6-11)10-7-12(8-10)18-4-5-19-13(15,16)17/h1-3,6,10,12,18H,4-5,7-8H2. The quantitative estimate of drug-likeness (QED) is 0.780. The number of benzene rings is 1. The monoisotopic (exact) mass is 353 g/mol. The maximum Gasteiger partial charge on any atom is 0.441 e. The Kier molecular flexibility index (Phi) is 5.20. The highest BCUT2D eigenvalue weighted by Gasteiger charge is 2.31. The third-order valence-corrected chi connectivity index (χ3v) is 4.49. The van der Waals surface area contributed by atoms with Crippen molar-refractivity contribution in [2.45, 2.75) is 30.3 Å². The van der Waals surface area contributed by atoms with Gasteiger partial charge in [0.25, 0.3) is 0 Å². The summed E-state index contributed by atoms with van der Waals surface area (Å²) >= 11 is 3.48. The minimum absolute atomic E-state index is 0.0406. The molecule has 0 saturated heterocycles. The van der Waals surface area contributed by atoms with Crippen LogP contribution >= 0.6 is 27.7 Å². The smallest absolute Gasteiger partial charge is 0.313 e. The van der Waals surface area contributed by atoms with Gasteiger partial charge in [-0.15, -0.1) is 0 Å². The summed E-state index contributed by atoms with van der Waals surface area (Å²) in [6.07, 6.45) is 2.01. The predicted molar refractivity (Wildman–Crippen MR) is 76.4 cm³/mol. The topological polar surface area (TPSA) is 12.0 Å². The lowest BCUT2D eigenvalue weighted by Gasteiger charge is -2.36. The number of nitrogens with one attached hydrogen (secondary N) is 1. The third-order valence-electron chi connectivity index (χ3n) is 3.26. The van der Waals surface area contributed by atoms with E-state index < -0.39 is 5.51 Å². The molecule has 6 heteroatoms. The van der Waals surface area contributed by atoms with E-state index in [0.29, 0.717) is 18.5 Å². The SMILES string of the molecule is FC(F)(F)SCCNC1CC(c2cccc(Br)c2)C1. The Balaban J connectivity index is 1.64. The van der Waals surface area contributed by atoms with E-state index in [9.17, 15) is 13.2 Å². The molecule has 2 rings (SSSR count). The van der Waals surface area contributed by atoms with Gasteiger partial charge < -0.3 is 5.32 Å². The zero-order valence-corrected chi connectivity index (χ0v) is 12.6. The fourth-order valence-electron chi connectivity index (χ4n) is 2.25. The maximum absolute atomic E-state index is 11.9. The molecule has 1 aromatic carbocycles. The van der Waals surface area contributed by atoms with E-state index in [1.54, 1.807) is 0 Å². The largest absolute Gasteiger partial charge is 0.441 e. The minimum Gasteiger partial charge on any atom is -0.313 e. The molecule has 0 amide bonds. The highest BCUT2D eigenvalue weighted by Crippen LogP contribution is 2.37. The van der Waals surface area contributed by atoms with Crippen molar-refractivity contribution in [3.63, 3.8) is 0 Å². The molecule has 0 heterocycles. The zero-order chi connectivity index (χ0) is 13.9. The van der Waals surface area contributed by atoms with Crippen molar-refractivity contribution in [2.24, 2.45) is 0 Å². The van der Waals surface area contributed by atoms with Crippen LogP contribution < -0.4 is 5.32 Å². The maximum atomic E-state index is 11.9. The molecule has 1 aliphatic rings. The van der Waals surface area contributed by atoms with Crippen LogP contribution in [0.5, 0.6) is 0 Å². The van der Waals surface area contributed by atoms with Gasteiger partial charge in [0.1, 0.15) is 0 Å². The second kappa shape index (κ2) is 6.50. The molecule has 0 unspecified atom stereocenters. The average Bonchev–Trinajstić information content (AvgIpc) is 2.24. The van der Waals surface area contributed by atoms with Crippen LogP contribution in [0.3, 0.4) is 0 Å². The molecule has 0 radical (unpaired) electrons. The minimum atomic E-state index is -4.11. The van der Waals surface area contributed by atoms with Crippen LogP contribution in [0.1, 0.15) is 24.3 Å². The first-order valence-corrected chi connectivity index (χ1v) is 7.91. The molecule has 1 saturated carbocycles. The lowest BCUT2D eigenvalue weighted by atomic mass is 9.76. The summed E-state index contributed by atoms with van der Waals surface area (Å²) in [4.78, 5) is 0. The molecule has 1 nitrogen and oxygen atoms in total. The normalized spacial score (nSPS) is 23.2. The fraction of sp³-hybridized carbons (Fsp3) is 0.538. The average molecular weight is 354 g/mol. The Morgan fingerprint density at radius 3 is 2.68 bits per heavy atom. The van der Waals surface area contributed by atoms with Crippen LogP contribution in [0.15, 0.2) is 28.7 Å². The number of hydrogen-bond donors (Lipinski definition) is 1. The van der Waals surface area contributed by atoms with Gasteiger partial charge in [-0.05, 0) is 48.2 Å². The molecule has 1 N–H and O–H groups in total. The zero-order valence-electron chi connectivity index (χ0n) is 10.2. The van der Waals surface area contributed by atoms with Crippen LogP contribution in [-0.2, 0) is 0 Å². The third kappa shape index (κ3) is 5.00. The summed E-state index contributed by atoms with van der Waals surface area (Å²) in [6, 6.07) is 8.58. The van der Waals surface area contributed by atoms with Gasteiger partial charge >= 0.3 is 5.51 Å². The van der Waals surface area contributed by atoms with Crippen LogP contribution in [0.2, 0.25) is 0 Å². The second-order valence-corrected chi connectivity index (χ2v) is 6.74. The first kappa shape index (κ1) is 15.2. The van der Waals surface area contributed by atoms with Gasteiger partial charge in [0.05, 0.1) is 0 Å². The van der Waals surface area contributed by atoms with E-state index >= 15 is 0 Å². The molecule has 1 aromatic rings. The van der Waals surface area contributed by atoms with Crippen LogP contribution in [0.4, 0.5) is 13.2 Å². The summed E-state index contributed by atoms with van der Waals surface area (Å²) in [7, 11) is 0. The molecule has 0 aliphatic heterocycles. The number of thioether (sulfide) groups is 1. The lowest BCUT2D eigenvalue weighted by molar-refractivity contribution is -0.0327. The molecule has 1 fully saturated rings. The van der Waals surface area contributed by atoms with Gasteiger partial charge in [-0.1, -0.05) is 28.1 Å². The van der Waals surface area contributed by atoms with Gasteiger partial charge in [-0.2, -0.15) is 13.2 Å². The van der Waals surface area contributed by atoms with Crippen molar-refractivity contribution < 1.29 is 13.2 Å². The molecule has 0 aromatic heterocycles. The van der Waals surface area contributed by atoms with Crippen LogP contribution in [0.25, 0.3) is 0 Å². The van der Waals surface area contributed by atoms with Crippen LogP contribution in [-0.4, -0.2) is 23.8 Å². The Bertz CT molecular complexity index is 419. The van der Waals surface area contributed by atoms with E-state index in [1.165, 1.54) is 5.56 Å². The van der Waals surface area contributed by atoms with Crippen molar-refractivity contribution >= 4 is 27.7 Å². The Morgan fingerprint density at radius 2 is 2.05 bits per heavy atom. The molecule has 0 spiro atoms. The number of alkyl halides is 3. The predicted octanol–water partition coefficient (Wildman–Crippen LogP) is 4.54. The summed E-state index contributed by atoms with van der Waals surface area (Å²) in [5.41, 5.74) is -2.81. The van der Waals surface area contributed by atoms with Gasteiger partial charge in [-0.3, -0.25) is 0 Å². The number of halogens is 4. The molecule has 106 valence electrons. The molecule has 0 bridgehead atoms.